The minimum absolute atomic E-state index is 0.0400. The molecule has 13 heavy (non-hydrogen) atoms. The summed E-state index contributed by atoms with van der Waals surface area (Å²) in [6.07, 6.45) is 2.68. The van der Waals surface area contributed by atoms with Crippen molar-refractivity contribution in [2.45, 2.75) is 25.3 Å². The number of nitrogen functional groups attached to an aromatic ring is 1. The molecule has 1 aliphatic carbocycles. The third kappa shape index (κ3) is 1.40. The molecule has 0 aromatic heterocycles. The summed E-state index contributed by atoms with van der Waals surface area (Å²) in [7, 11) is 0. The summed E-state index contributed by atoms with van der Waals surface area (Å²) in [6, 6.07) is 3.13. The molecule has 0 bridgehead atoms. The Morgan fingerprint density at radius 1 is 1.38 bits per heavy atom. The first-order valence-corrected chi connectivity index (χ1v) is 4.52. The molecule has 2 rings (SSSR count). The molecular weight excluding hydrogens is 167 g/mol. The number of benzene rings is 1. The average molecular weight is 180 g/mol. The number of hydrogen-bond acceptors (Lipinski definition) is 2. The van der Waals surface area contributed by atoms with Gasteiger partial charge in [0.15, 0.2) is 0 Å². The fourth-order valence-electron chi connectivity index (χ4n) is 1.93. The molecule has 0 aliphatic heterocycles. The van der Waals surface area contributed by atoms with Crippen LogP contribution in [0.3, 0.4) is 0 Å². The predicted molar refractivity (Wildman–Crippen MR) is 50.7 cm³/mol. The Hall–Kier alpha value is -1.09. The molecule has 1 aromatic carbocycles. The van der Waals surface area contributed by atoms with Crippen LogP contribution in [0.4, 0.5) is 10.1 Å². The summed E-state index contributed by atoms with van der Waals surface area (Å²) >= 11 is 0. The zero-order valence-corrected chi connectivity index (χ0v) is 7.39. The van der Waals surface area contributed by atoms with Crippen molar-refractivity contribution in [3.63, 3.8) is 0 Å². The molecule has 0 heterocycles. The molecule has 0 amide bonds. The van der Waals surface area contributed by atoms with E-state index in [2.05, 4.69) is 0 Å². The van der Waals surface area contributed by atoms with Crippen LogP contribution in [-0.4, -0.2) is 0 Å². The van der Waals surface area contributed by atoms with Crippen molar-refractivity contribution < 1.29 is 4.39 Å². The van der Waals surface area contributed by atoms with Crippen molar-refractivity contribution in [1.29, 1.82) is 0 Å². The van der Waals surface area contributed by atoms with Gasteiger partial charge in [-0.25, -0.2) is 4.39 Å². The Morgan fingerprint density at radius 2 is 2.15 bits per heavy atom. The molecule has 1 aromatic rings. The van der Waals surface area contributed by atoms with Crippen molar-refractivity contribution in [3.8, 4) is 0 Å². The lowest BCUT2D eigenvalue weighted by Crippen LogP contribution is -2.18. The van der Waals surface area contributed by atoms with Crippen LogP contribution in [0.15, 0.2) is 12.1 Å². The van der Waals surface area contributed by atoms with E-state index in [9.17, 15) is 4.39 Å². The average Bonchev–Trinajstić information content (AvgIpc) is 2.07. The third-order valence-corrected chi connectivity index (χ3v) is 2.59. The molecule has 0 saturated carbocycles. The minimum Gasteiger partial charge on any atom is -0.399 e. The minimum atomic E-state index is -0.204. The molecule has 0 fully saturated rings. The van der Waals surface area contributed by atoms with Gasteiger partial charge >= 0.3 is 0 Å². The highest BCUT2D eigenvalue weighted by Crippen LogP contribution is 2.31. The summed E-state index contributed by atoms with van der Waals surface area (Å²) in [5.41, 5.74) is 13.5. The highest BCUT2D eigenvalue weighted by atomic mass is 19.1. The molecule has 0 spiro atoms. The quantitative estimate of drug-likeness (QED) is 0.597. The molecule has 3 heteroatoms. The van der Waals surface area contributed by atoms with Crippen LogP contribution in [0.5, 0.6) is 0 Å². The van der Waals surface area contributed by atoms with Crippen LogP contribution in [0.1, 0.15) is 30.0 Å². The Morgan fingerprint density at radius 3 is 2.92 bits per heavy atom. The van der Waals surface area contributed by atoms with Gasteiger partial charge in [-0.2, -0.15) is 0 Å². The fraction of sp³-hybridized carbons (Fsp3) is 0.400. The monoisotopic (exact) mass is 180 g/mol. The normalized spacial score (nSPS) is 21.2. The van der Waals surface area contributed by atoms with Crippen LogP contribution in [0.2, 0.25) is 0 Å². The molecule has 1 aliphatic rings. The number of hydrogen-bond donors (Lipinski definition) is 2. The SMILES string of the molecule is Nc1cc(F)c2c(c1)[C@H](N)CCC2. The highest BCUT2D eigenvalue weighted by Gasteiger charge is 2.19. The van der Waals surface area contributed by atoms with E-state index in [-0.39, 0.29) is 11.9 Å². The van der Waals surface area contributed by atoms with E-state index in [1.165, 1.54) is 6.07 Å². The molecule has 4 N–H and O–H groups in total. The fourth-order valence-corrected chi connectivity index (χ4v) is 1.93. The second-order valence-corrected chi connectivity index (χ2v) is 3.57. The predicted octanol–water partition coefficient (Wildman–Crippen LogP) is 1.74. The largest absolute Gasteiger partial charge is 0.399 e. The maximum atomic E-state index is 13.4. The highest BCUT2D eigenvalue weighted by molar-refractivity contribution is 5.47. The van der Waals surface area contributed by atoms with Gasteiger partial charge in [0.2, 0.25) is 0 Å². The Labute approximate surface area is 76.7 Å². The van der Waals surface area contributed by atoms with Crippen LogP contribution < -0.4 is 11.5 Å². The van der Waals surface area contributed by atoms with Gasteiger partial charge in [-0.3, -0.25) is 0 Å². The number of anilines is 1. The van der Waals surface area contributed by atoms with Crippen molar-refractivity contribution in [2.24, 2.45) is 5.73 Å². The van der Waals surface area contributed by atoms with Gasteiger partial charge in [-0.15, -0.1) is 0 Å². The van der Waals surface area contributed by atoms with Crippen LogP contribution in [0.25, 0.3) is 0 Å². The van der Waals surface area contributed by atoms with Gasteiger partial charge < -0.3 is 11.5 Å². The van der Waals surface area contributed by atoms with E-state index < -0.39 is 0 Å². The lowest BCUT2D eigenvalue weighted by atomic mass is 9.87. The maximum Gasteiger partial charge on any atom is 0.128 e. The molecule has 1 atom stereocenters. The lowest BCUT2D eigenvalue weighted by Gasteiger charge is -2.22. The van der Waals surface area contributed by atoms with Crippen molar-refractivity contribution in [3.05, 3.63) is 29.1 Å². The first-order valence-electron chi connectivity index (χ1n) is 4.52. The molecular formula is C10H13FN2. The standard InChI is InChI=1S/C10H13FN2/c11-9-5-6(12)4-8-7(9)2-1-3-10(8)13/h4-5,10H,1-3,12-13H2/t10-/m1/s1. The second kappa shape index (κ2) is 3.00. The van der Waals surface area contributed by atoms with Gasteiger partial charge in [0.25, 0.3) is 0 Å². The van der Waals surface area contributed by atoms with Gasteiger partial charge in [-0.1, -0.05) is 0 Å². The number of halogens is 1. The zero-order valence-electron chi connectivity index (χ0n) is 7.39. The van der Waals surface area contributed by atoms with Crippen molar-refractivity contribution >= 4 is 5.69 Å². The molecule has 0 saturated heterocycles. The number of fused-ring (bicyclic) bond motifs is 1. The van der Waals surface area contributed by atoms with Crippen LogP contribution in [0, 0.1) is 5.82 Å². The van der Waals surface area contributed by atoms with Crippen molar-refractivity contribution in [2.75, 3.05) is 5.73 Å². The summed E-state index contributed by atoms with van der Waals surface area (Å²) in [6.45, 7) is 0. The second-order valence-electron chi connectivity index (χ2n) is 3.57. The summed E-state index contributed by atoms with van der Waals surface area (Å²) < 4.78 is 13.4. The zero-order chi connectivity index (χ0) is 9.42. The Kier molecular flexibility index (Phi) is 1.96. The smallest absolute Gasteiger partial charge is 0.128 e. The molecule has 70 valence electrons. The number of rotatable bonds is 0. The van der Waals surface area contributed by atoms with Gasteiger partial charge in [0.05, 0.1) is 0 Å². The summed E-state index contributed by atoms with van der Waals surface area (Å²) in [4.78, 5) is 0. The van der Waals surface area contributed by atoms with E-state index >= 15 is 0 Å². The van der Waals surface area contributed by atoms with E-state index in [0.717, 1.165) is 30.4 Å². The first-order chi connectivity index (χ1) is 6.18. The van der Waals surface area contributed by atoms with Gasteiger partial charge in [0, 0.05) is 11.7 Å². The first kappa shape index (κ1) is 8.51. The summed E-state index contributed by atoms with van der Waals surface area (Å²) in [5, 5.41) is 0. The van der Waals surface area contributed by atoms with Gasteiger partial charge in [-0.05, 0) is 42.5 Å². The van der Waals surface area contributed by atoms with Crippen LogP contribution >= 0.6 is 0 Å². The number of nitrogens with two attached hydrogens (primary N) is 2. The van der Waals surface area contributed by atoms with E-state index in [4.69, 9.17) is 11.5 Å². The maximum absolute atomic E-state index is 13.4. The third-order valence-electron chi connectivity index (χ3n) is 2.59. The van der Waals surface area contributed by atoms with Crippen LogP contribution in [-0.2, 0) is 6.42 Å². The van der Waals surface area contributed by atoms with E-state index in [1.54, 1.807) is 6.07 Å². The Balaban J connectivity index is 2.56. The summed E-state index contributed by atoms with van der Waals surface area (Å²) in [5.74, 6) is -0.204. The van der Waals surface area contributed by atoms with Crippen molar-refractivity contribution in [1.82, 2.24) is 0 Å². The van der Waals surface area contributed by atoms with Gasteiger partial charge in [0.1, 0.15) is 5.82 Å². The molecule has 0 radical (unpaired) electrons. The topological polar surface area (TPSA) is 52.0 Å². The van der Waals surface area contributed by atoms with E-state index in [0.29, 0.717) is 5.69 Å². The lowest BCUT2D eigenvalue weighted by molar-refractivity contribution is 0.532. The molecule has 2 nitrogen and oxygen atoms in total. The Bertz CT molecular complexity index is 336. The molecule has 0 unspecified atom stereocenters. The van der Waals surface area contributed by atoms with E-state index in [1.807, 2.05) is 0 Å².